The van der Waals surface area contributed by atoms with Gasteiger partial charge in [0.05, 0.1) is 5.69 Å². The van der Waals surface area contributed by atoms with Gasteiger partial charge in [0.1, 0.15) is 0 Å². The summed E-state index contributed by atoms with van der Waals surface area (Å²) in [5, 5.41) is 7.71. The molecule has 0 radical (unpaired) electrons. The second kappa shape index (κ2) is 5.74. The molecule has 24 heavy (non-hydrogen) atoms. The predicted octanol–water partition coefficient (Wildman–Crippen LogP) is 4.06. The minimum Gasteiger partial charge on any atom is -0.331 e. The van der Waals surface area contributed by atoms with Crippen molar-refractivity contribution in [2.24, 2.45) is 7.05 Å². The summed E-state index contributed by atoms with van der Waals surface area (Å²) in [6.45, 7) is 4.74. The molecule has 0 bridgehead atoms. The molecule has 1 amide bonds. The molecule has 124 valence electrons. The Morgan fingerprint density at radius 3 is 2.79 bits per heavy atom. The lowest BCUT2D eigenvalue weighted by Crippen LogP contribution is -2.33. The molecule has 1 aliphatic rings. The number of aryl methyl sites for hydroxylation is 2. The standard InChI is InChI=1S/C19H21N3OS/c1-12-17(13(2)21(3)20-12)11-22(16-5-6-16)19(23)15-4-7-18-14(10-15)8-9-24-18/h4,7-10,16H,5-6,11H2,1-3H3. The molecule has 0 saturated heterocycles. The molecule has 1 fully saturated rings. The number of carbonyl (C=O) groups is 1. The van der Waals surface area contributed by atoms with Gasteiger partial charge in [-0.05, 0) is 61.7 Å². The predicted molar refractivity (Wildman–Crippen MR) is 97.4 cm³/mol. The highest BCUT2D eigenvalue weighted by molar-refractivity contribution is 7.17. The fraction of sp³-hybridized carbons (Fsp3) is 0.368. The molecule has 3 aromatic rings. The quantitative estimate of drug-likeness (QED) is 0.719. The van der Waals surface area contributed by atoms with Gasteiger partial charge in [-0.3, -0.25) is 9.48 Å². The van der Waals surface area contributed by atoms with E-state index >= 15 is 0 Å². The van der Waals surface area contributed by atoms with E-state index in [4.69, 9.17) is 0 Å². The summed E-state index contributed by atoms with van der Waals surface area (Å²) in [4.78, 5) is 15.2. The number of rotatable bonds is 4. The van der Waals surface area contributed by atoms with Crippen molar-refractivity contribution in [2.45, 2.75) is 39.3 Å². The molecule has 0 spiro atoms. The Hall–Kier alpha value is -2.14. The molecule has 2 aromatic heterocycles. The van der Waals surface area contributed by atoms with Crippen molar-refractivity contribution in [3.05, 3.63) is 52.2 Å². The molecule has 5 heteroatoms. The van der Waals surface area contributed by atoms with Crippen LogP contribution in [0.2, 0.25) is 0 Å². The second-order valence-electron chi connectivity index (χ2n) is 6.61. The maximum Gasteiger partial charge on any atom is 0.254 e. The van der Waals surface area contributed by atoms with E-state index in [2.05, 4.69) is 29.5 Å². The first-order valence-corrected chi connectivity index (χ1v) is 9.20. The highest BCUT2D eigenvalue weighted by Crippen LogP contribution is 2.32. The Morgan fingerprint density at radius 2 is 2.12 bits per heavy atom. The third kappa shape index (κ3) is 2.63. The zero-order valence-corrected chi connectivity index (χ0v) is 15.1. The van der Waals surface area contributed by atoms with Crippen LogP contribution in [0.25, 0.3) is 10.1 Å². The number of benzene rings is 1. The van der Waals surface area contributed by atoms with Crippen LogP contribution in [0.5, 0.6) is 0 Å². The molecule has 0 aliphatic heterocycles. The zero-order chi connectivity index (χ0) is 16.8. The van der Waals surface area contributed by atoms with Crippen LogP contribution < -0.4 is 0 Å². The summed E-state index contributed by atoms with van der Waals surface area (Å²) in [5.41, 5.74) is 4.11. The van der Waals surface area contributed by atoms with Crippen LogP contribution in [0.4, 0.5) is 0 Å². The Labute approximate surface area is 145 Å². The van der Waals surface area contributed by atoms with E-state index < -0.39 is 0 Å². The van der Waals surface area contributed by atoms with Crippen LogP contribution in [-0.2, 0) is 13.6 Å². The number of hydrogen-bond donors (Lipinski definition) is 0. The lowest BCUT2D eigenvalue weighted by atomic mass is 10.1. The Kier molecular flexibility index (Phi) is 3.68. The van der Waals surface area contributed by atoms with E-state index in [1.165, 1.54) is 10.3 Å². The Morgan fingerprint density at radius 1 is 1.33 bits per heavy atom. The van der Waals surface area contributed by atoms with Crippen molar-refractivity contribution in [3.63, 3.8) is 0 Å². The number of carbonyl (C=O) groups excluding carboxylic acids is 1. The van der Waals surface area contributed by atoms with Crippen molar-refractivity contribution in [1.82, 2.24) is 14.7 Å². The summed E-state index contributed by atoms with van der Waals surface area (Å²) in [6, 6.07) is 8.48. The summed E-state index contributed by atoms with van der Waals surface area (Å²) >= 11 is 1.71. The Bertz CT molecular complexity index is 920. The highest BCUT2D eigenvalue weighted by atomic mass is 32.1. The zero-order valence-electron chi connectivity index (χ0n) is 14.2. The van der Waals surface area contributed by atoms with E-state index in [9.17, 15) is 4.79 Å². The molecule has 0 unspecified atom stereocenters. The molecule has 4 nitrogen and oxygen atoms in total. The molecule has 2 heterocycles. The largest absolute Gasteiger partial charge is 0.331 e. The molecule has 4 rings (SSSR count). The van der Waals surface area contributed by atoms with Crippen LogP contribution in [-0.4, -0.2) is 26.6 Å². The maximum atomic E-state index is 13.1. The minimum atomic E-state index is 0.133. The van der Waals surface area contributed by atoms with Gasteiger partial charge in [-0.2, -0.15) is 5.10 Å². The first kappa shape index (κ1) is 15.4. The van der Waals surface area contributed by atoms with Crippen LogP contribution in [0.1, 0.15) is 40.2 Å². The normalized spacial score (nSPS) is 14.3. The van der Waals surface area contributed by atoms with Gasteiger partial charge in [0.2, 0.25) is 0 Å². The van der Waals surface area contributed by atoms with Crippen LogP contribution in [0.15, 0.2) is 29.6 Å². The first-order chi connectivity index (χ1) is 11.5. The summed E-state index contributed by atoms with van der Waals surface area (Å²) in [5.74, 6) is 0.133. The summed E-state index contributed by atoms with van der Waals surface area (Å²) < 4.78 is 3.13. The minimum absolute atomic E-state index is 0.133. The molecule has 1 saturated carbocycles. The number of aromatic nitrogens is 2. The second-order valence-corrected chi connectivity index (χ2v) is 7.56. The molecular weight excluding hydrogens is 318 g/mol. The topological polar surface area (TPSA) is 38.1 Å². The number of fused-ring (bicyclic) bond motifs is 1. The van der Waals surface area contributed by atoms with Crippen LogP contribution >= 0.6 is 11.3 Å². The summed E-state index contributed by atoms with van der Waals surface area (Å²) in [6.07, 6.45) is 2.20. The molecule has 1 aromatic carbocycles. The van der Waals surface area contributed by atoms with Crippen LogP contribution in [0.3, 0.4) is 0 Å². The highest BCUT2D eigenvalue weighted by Gasteiger charge is 2.34. The van der Waals surface area contributed by atoms with E-state index in [1.807, 2.05) is 35.7 Å². The average molecular weight is 339 g/mol. The lowest BCUT2D eigenvalue weighted by Gasteiger charge is -2.23. The number of hydrogen-bond acceptors (Lipinski definition) is 3. The van der Waals surface area contributed by atoms with E-state index in [0.717, 1.165) is 35.2 Å². The van der Waals surface area contributed by atoms with Crippen LogP contribution in [0, 0.1) is 13.8 Å². The molecular formula is C19H21N3OS. The maximum absolute atomic E-state index is 13.1. The fourth-order valence-electron chi connectivity index (χ4n) is 3.24. The monoisotopic (exact) mass is 339 g/mol. The summed E-state index contributed by atoms with van der Waals surface area (Å²) in [7, 11) is 1.96. The van der Waals surface area contributed by atoms with Crippen molar-refractivity contribution in [1.29, 1.82) is 0 Å². The van der Waals surface area contributed by atoms with Gasteiger partial charge in [-0.1, -0.05) is 0 Å². The van der Waals surface area contributed by atoms with Crippen molar-refractivity contribution >= 4 is 27.3 Å². The number of thiophene rings is 1. The van der Waals surface area contributed by atoms with Gasteiger partial charge in [-0.25, -0.2) is 0 Å². The average Bonchev–Trinajstić information content (AvgIpc) is 3.24. The first-order valence-electron chi connectivity index (χ1n) is 8.32. The molecule has 1 aliphatic carbocycles. The SMILES string of the molecule is Cc1nn(C)c(C)c1CN(C(=O)c1ccc2sccc2c1)C1CC1. The van der Waals surface area contributed by atoms with Crippen molar-refractivity contribution < 1.29 is 4.79 Å². The van der Waals surface area contributed by atoms with E-state index in [0.29, 0.717) is 12.6 Å². The third-order valence-electron chi connectivity index (χ3n) is 4.94. The molecule has 0 N–H and O–H groups in total. The smallest absolute Gasteiger partial charge is 0.254 e. The molecule has 0 atom stereocenters. The van der Waals surface area contributed by atoms with Gasteiger partial charge in [0, 0.05) is 41.2 Å². The fourth-order valence-corrected chi connectivity index (χ4v) is 4.01. The van der Waals surface area contributed by atoms with Gasteiger partial charge < -0.3 is 4.90 Å². The van der Waals surface area contributed by atoms with Crippen molar-refractivity contribution in [2.75, 3.05) is 0 Å². The van der Waals surface area contributed by atoms with Gasteiger partial charge in [0.15, 0.2) is 0 Å². The number of nitrogens with zero attached hydrogens (tertiary/aromatic N) is 3. The van der Waals surface area contributed by atoms with Gasteiger partial charge >= 0.3 is 0 Å². The van der Waals surface area contributed by atoms with Gasteiger partial charge in [0.25, 0.3) is 5.91 Å². The number of amides is 1. The Balaban J connectivity index is 1.66. The van der Waals surface area contributed by atoms with Gasteiger partial charge in [-0.15, -0.1) is 11.3 Å². The van der Waals surface area contributed by atoms with E-state index in [1.54, 1.807) is 11.3 Å². The van der Waals surface area contributed by atoms with E-state index in [-0.39, 0.29) is 5.91 Å². The lowest BCUT2D eigenvalue weighted by molar-refractivity contribution is 0.0729. The third-order valence-corrected chi connectivity index (χ3v) is 5.83. The van der Waals surface area contributed by atoms with Crippen molar-refractivity contribution in [3.8, 4) is 0 Å².